The maximum Gasteiger partial charge on any atom is 0.294 e. The molecule has 1 atom stereocenters. The lowest BCUT2D eigenvalue weighted by atomic mass is 10.0. The summed E-state index contributed by atoms with van der Waals surface area (Å²) in [6, 6.07) is 11.8. The van der Waals surface area contributed by atoms with Crippen LogP contribution in [0.1, 0.15) is 18.1 Å². The number of fused-ring (bicyclic) bond motifs is 1. The Bertz CT molecular complexity index is 1190. The van der Waals surface area contributed by atoms with Gasteiger partial charge in [-0.25, -0.2) is 13.4 Å². The number of benzene rings is 2. The van der Waals surface area contributed by atoms with Gasteiger partial charge in [0.05, 0.1) is 22.6 Å². The van der Waals surface area contributed by atoms with Gasteiger partial charge < -0.3 is 0 Å². The van der Waals surface area contributed by atoms with Crippen LogP contribution in [0.15, 0.2) is 52.6 Å². The number of para-hydroxylation sites is 2. The average Bonchev–Trinajstić information content (AvgIpc) is 3.04. The third-order valence-corrected chi connectivity index (χ3v) is 7.00. The van der Waals surface area contributed by atoms with Gasteiger partial charge in [-0.05, 0) is 42.7 Å². The molecule has 0 bridgehead atoms. The Balaban J connectivity index is 1.57. The van der Waals surface area contributed by atoms with Crippen molar-refractivity contribution in [1.29, 1.82) is 0 Å². The molecule has 9 nitrogen and oxygen atoms in total. The fourth-order valence-electron chi connectivity index (χ4n) is 3.63. The van der Waals surface area contributed by atoms with Gasteiger partial charge in [0.25, 0.3) is 5.69 Å². The molecule has 0 spiro atoms. The number of nitro benzene ring substituents is 1. The molecule has 0 radical (unpaired) electrons. The second kappa shape index (κ2) is 7.73. The zero-order valence-electron chi connectivity index (χ0n) is 16.3. The number of nitrogens with one attached hydrogen (secondary N) is 1. The molecule has 11 heteroatoms. The van der Waals surface area contributed by atoms with Crippen molar-refractivity contribution in [2.45, 2.75) is 19.4 Å². The summed E-state index contributed by atoms with van der Waals surface area (Å²) in [6.07, 6.45) is 1.87. The lowest BCUT2D eigenvalue weighted by molar-refractivity contribution is -0.384. The molecule has 2 heterocycles. The van der Waals surface area contributed by atoms with Gasteiger partial charge in [0.2, 0.25) is 10.0 Å². The Morgan fingerprint density at radius 3 is 2.73 bits per heavy atom. The SMILES string of the molecule is CC1Cc2cc(C3=NNC(=Nc4ccccc4[N+](=O)[O-])SC3)ccc2N1S(C)(=O)=O. The fourth-order valence-corrected chi connectivity index (χ4v) is 5.67. The summed E-state index contributed by atoms with van der Waals surface area (Å²) in [5, 5.41) is 16.0. The van der Waals surface area contributed by atoms with Crippen molar-refractivity contribution in [2.24, 2.45) is 10.1 Å². The standard InChI is InChI=1S/C19H19N5O4S2/c1-12-9-14-10-13(7-8-17(14)23(12)30(2,27)28)16-11-29-19(22-21-16)20-15-5-3-4-6-18(15)24(25)26/h3-8,10,12H,9,11H2,1-2H3,(H,20,22). The van der Waals surface area contributed by atoms with Crippen LogP contribution >= 0.6 is 11.8 Å². The summed E-state index contributed by atoms with van der Waals surface area (Å²) in [7, 11) is -3.33. The van der Waals surface area contributed by atoms with Gasteiger partial charge in [-0.1, -0.05) is 30.0 Å². The van der Waals surface area contributed by atoms with Gasteiger partial charge in [-0.2, -0.15) is 5.10 Å². The second-order valence-electron chi connectivity index (χ2n) is 7.08. The van der Waals surface area contributed by atoms with E-state index in [4.69, 9.17) is 0 Å². The highest BCUT2D eigenvalue weighted by Crippen LogP contribution is 2.35. The number of amidine groups is 1. The molecule has 2 aromatic carbocycles. The van der Waals surface area contributed by atoms with E-state index in [1.807, 2.05) is 25.1 Å². The number of hydrazone groups is 1. The van der Waals surface area contributed by atoms with E-state index in [-0.39, 0.29) is 17.4 Å². The van der Waals surface area contributed by atoms with E-state index in [1.54, 1.807) is 18.2 Å². The van der Waals surface area contributed by atoms with Crippen molar-refractivity contribution in [2.75, 3.05) is 16.3 Å². The van der Waals surface area contributed by atoms with Crippen LogP contribution < -0.4 is 9.73 Å². The van der Waals surface area contributed by atoms with Crippen molar-refractivity contribution < 1.29 is 13.3 Å². The van der Waals surface area contributed by atoms with Crippen LogP contribution in [0, 0.1) is 10.1 Å². The van der Waals surface area contributed by atoms with Gasteiger partial charge in [-0.3, -0.25) is 19.8 Å². The number of anilines is 1. The fraction of sp³-hybridized carbons (Fsp3) is 0.263. The smallest absolute Gasteiger partial charge is 0.267 e. The summed E-state index contributed by atoms with van der Waals surface area (Å²) < 4.78 is 25.6. The molecule has 0 aromatic heterocycles. The highest BCUT2D eigenvalue weighted by atomic mass is 32.2. The molecule has 1 N–H and O–H groups in total. The van der Waals surface area contributed by atoms with Crippen LogP contribution in [-0.4, -0.2) is 42.3 Å². The molecular weight excluding hydrogens is 426 g/mol. The molecule has 0 fully saturated rings. The first kappa shape index (κ1) is 20.4. The molecule has 4 rings (SSSR count). The number of hydrogen-bond donors (Lipinski definition) is 1. The summed E-state index contributed by atoms with van der Waals surface area (Å²) in [5.41, 5.74) is 6.45. The Morgan fingerprint density at radius 1 is 1.30 bits per heavy atom. The van der Waals surface area contributed by atoms with Crippen LogP contribution in [0.25, 0.3) is 0 Å². The Kier molecular flexibility index (Phi) is 5.24. The maximum atomic E-state index is 12.1. The van der Waals surface area contributed by atoms with Gasteiger partial charge in [0, 0.05) is 17.9 Å². The van der Waals surface area contributed by atoms with Gasteiger partial charge in [0.15, 0.2) is 5.17 Å². The maximum absolute atomic E-state index is 12.1. The van der Waals surface area contributed by atoms with E-state index in [0.29, 0.717) is 23.0 Å². The number of rotatable bonds is 4. The number of sulfonamides is 1. The van der Waals surface area contributed by atoms with Crippen molar-refractivity contribution >= 4 is 49.7 Å². The first-order valence-electron chi connectivity index (χ1n) is 9.14. The molecule has 30 heavy (non-hydrogen) atoms. The number of aliphatic imine (C=N–C) groups is 1. The Hall–Kier alpha value is -2.92. The molecule has 1 unspecified atom stereocenters. The van der Waals surface area contributed by atoms with E-state index in [9.17, 15) is 18.5 Å². The zero-order valence-corrected chi connectivity index (χ0v) is 17.9. The van der Waals surface area contributed by atoms with Gasteiger partial charge in [-0.15, -0.1) is 0 Å². The largest absolute Gasteiger partial charge is 0.294 e. The highest BCUT2D eigenvalue weighted by molar-refractivity contribution is 8.14. The van der Waals surface area contributed by atoms with Crippen molar-refractivity contribution in [3.63, 3.8) is 0 Å². The molecule has 2 aliphatic heterocycles. The number of thioether (sulfide) groups is 1. The predicted octanol–water partition coefficient (Wildman–Crippen LogP) is 3.03. The first-order chi connectivity index (χ1) is 14.2. The van der Waals surface area contributed by atoms with E-state index in [2.05, 4.69) is 15.5 Å². The summed E-state index contributed by atoms with van der Waals surface area (Å²) >= 11 is 1.40. The Labute approximate surface area is 178 Å². The lowest BCUT2D eigenvalue weighted by Gasteiger charge is -2.22. The summed E-state index contributed by atoms with van der Waals surface area (Å²) in [4.78, 5) is 15.0. The number of nitro groups is 1. The van der Waals surface area contributed by atoms with Crippen LogP contribution in [-0.2, 0) is 16.4 Å². The molecule has 2 aromatic rings. The van der Waals surface area contributed by atoms with E-state index < -0.39 is 14.9 Å². The highest BCUT2D eigenvalue weighted by Gasteiger charge is 2.32. The molecule has 2 aliphatic rings. The number of hydrogen-bond acceptors (Lipinski definition) is 7. The van der Waals surface area contributed by atoms with Crippen molar-refractivity contribution in [3.8, 4) is 0 Å². The van der Waals surface area contributed by atoms with Gasteiger partial charge >= 0.3 is 0 Å². The molecular formula is C19H19N5O4S2. The minimum Gasteiger partial charge on any atom is -0.267 e. The van der Waals surface area contributed by atoms with Crippen molar-refractivity contribution in [3.05, 3.63) is 63.7 Å². The van der Waals surface area contributed by atoms with Crippen molar-refractivity contribution in [1.82, 2.24) is 5.43 Å². The minimum absolute atomic E-state index is 0.0645. The second-order valence-corrected chi connectivity index (χ2v) is 9.90. The van der Waals surface area contributed by atoms with E-state index >= 15 is 0 Å². The molecule has 0 aliphatic carbocycles. The normalized spacial score (nSPS) is 19.9. The zero-order chi connectivity index (χ0) is 21.5. The van der Waals surface area contributed by atoms with Crippen LogP contribution in [0.3, 0.4) is 0 Å². The third kappa shape index (κ3) is 3.90. The van der Waals surface area contributed by atoms with E-state index in [0.717, 1.165) is 16.8 Å². The third-order valence-electron chi connectivity index (χ3n) is 4.86. The molecule has 0 saturated carbocycles. The van der Waals surface area contributed by atoms with Crippen LogP contribution in [0.4, 0.5) is 17.1 Å². The lowest BCUT2D eigenvalue weighted by Crippen LogP contribution is -2.34. The average molecular weight is 446 g/mol. The van der Waals surface area contributed by atoms with E-state index in [1.165, 1.54) is 28.4 Å². The first-order valence-corrected chi connectivity index (χ1v) is 12.0. The quantitative estimate of drug-likeness (QED) is 0.571. The monoisotopic (exact) mass is 445 g/mol. The van der Waals surface area contributed by atoms with Crippen LogP contribution in [0.5, 0.6) is 0 Å². The topological polar surface area (TPSA) is 117 Å². The predicted molar refractivity (Wildman–Crippen MR) is 119 cm³/mol. The molecule has 156 valence electrons. The van der Waals surface area contributed by atoms with Crippen LogP contribution in [0.2, 0.25) is 0 Å². The molecule has 0 saturated heterocycles. The number of nitrogens with zero attached hydrogens (tertiary/aromatic N) is 4. The summed E-state index contributed by atoms with van der Waals surface area (Å²) in [6.45, 7) is 1.89. The summed E-state index contributed by atoms with van der Waals surface area (Å²) in [5.74, 6) is 0.538. The van der Waals surface area contributed by atoms with Gasteiger partial charge in [0.1, 0.15) is 5.69 Å². The minimum atomic E-state index is -3.33. The Morgan fingerprint density at radius 2 is 2.07 bits per heavy atom. The molecule has 0 amide bonds.